The lowest BCUT2D eigenvalue weighted by Gasteiger charge is -2.35. The molecule has 1 aliphatic heterocycles. The van der Waals surface area contributed by atoms with Crippen molar-refractivity contribution in [1.29, 1.82) is 0 Å². The molecule has 3 rings (SSSR count). The van der Waals surface area contributed by atoms with E-state index in [4.69, 9.17) is 11.5 Å². The van der Waals surface area contributed by atoms with Crippen LogP contribution < -0.4 is 11.5 Å². The zero-order valence-corrected chi connectivity index (χ0v) is 12.5. The third-order valence-corrected chi connectivity index (χ3v) is 4.34. The van der Waals surface area contributed by atoms with Gasteiger partial charge in [-0.25, -0.2) is 4.99 Å². The molecule has 1 aliphatic carbocycles. The van der Waals surface area contributed by atoms with Gasteiger partial charge in [0.05, 0.1) is 6.04 Å². The third kappa shape index (κ3) is 2.81. The topological polar surface area (TPSA) is 102 Å². The van der Waals surface area contributed by atoms with Gasteiger partial charge in [0.15, 0.2) is 5.96 Å². The lowest BCUT2D eigenvalue weighted by molar-refractivity contribution is -0.111. The molecule has 0 spiro atoms. The van der Waals surface area contributed by atoms with Crippen LogP contribution in [0.3, 0.4) is 0 Å². The molecule has 116 valence electrons. The largest absolute Gasteiger partial charge is 0.370 e. The van der Waals surface area contributed by atoms with Gasteiger partial charge in [0.25, 0.3) is 0 Å². The van der Waals surface area contributed by atoms with Gasteiger partial charge in [0.1, 0.15) is 5.78 Å². The first kappa shape index (κ1) is 14.6. The van der Waals surface area contributed by atoms with Crippen molar-refractivity contribution in [1.82, 2.24) is 4.90 Å². The summed E-state index contributed by atoms with van der Waals surface area (Å²) in [5, 5.41) is 0. The Labute approximate surface area is 129 Å². The second kappa shape index (κ2) is 5.44. The zero-order valence-electron chi connectivity index (χ0n) is 12.5. The Morgan fingerprint density at radius 3 is 2.82 bits per heavy atom. The summed E-state index contributed by atoms with van der Waals surface area (Å²) in [4.78, 5) is 29.1. The normalized spacial score (nSPS) is 27.5. The molecule has 3 atom stereocenters. The van der Waals surface area contributed by atoms with Gasteiger partial charge in [-0.3, -0.25) is 9.59 Å². The van der Waals surface area contributed by atoms with Crippen LogP contribution in [0.25, 0.3) is 0 Å². The van der Waals surface area contributed by atoms with E-state index in [0.29, 0.717) is 30.3 Å². The summed E-state index contributed by atoms with van der Waals surface area (Å²) in [6, 6.07) is 7.12. The maximum atomic E-state index is 11.3. The maximum Gasteiger partial charge on any atom is 0.248 e. The molecule has 6 nitrogen and oxygen atoms in total. The monoisotopic (exact) mass is 300 g/mol. The number of carbonyl (C=O) groups excluding carboxylic acids is 2. The van der Waals surface area contributed by atoms with Gasteiger partial charge >= 0.3 is 0 Å². The number of benzene rings is 1. The number of carbonyl (C=O) groups is 2. The van der Waals surface area contributed by atoms with Crippen LogP contribution >= 0.6 is 0 Å². The van der Waals surface area contributed by atoms with Crippen molar-refractivity contribution >= 4 is 17.6 Å². The van der Waals surface area contributed by atoms with Gasteiger partial charge in [-0.2, -0.15) is 0 Å². The van der Waals surface area contributed by atoms with Crippen molar-refractivity contribution in [2.75, 3.05) is 13.1 Å². The molecule has 2 unspecified atom stereocenters. The van der Waals surface area contributed by atoms with E-state index in [-0.39, 0.29) is 17.9 Å². The van der Waals surface area contributed by atoms with Crippen LogP contribution in [-0.4, -0.2) is 35.6 Å². The minimum atomic E-state index is -0.448. The Bertz CT molecular complexity index is 655. The Kier molecular flexibility index (Phi) is 3.60. The fraction of sp³-hybridized carbons (Fsp3) is 0.438. The molecule has 1 aromatic rings. The summed E-state index contributed by atoms with van der Waals surface area (Å²) in [6.45, 7) is 3.51. The minimum absolute atomic E-state index is 0.0922. The Morgan fingerprint density at radius 1 is 1.45 bits per heavy atom. The van der Waals surface area contributed by atoms with E-state index in [9.17, 15) is 9.59 Å². The number of amides is 1. The highest BCUT2D eigenvalue weighted by molar-refractivity contribution is 5.96. The summed E-state index contributed by atoms with van der Waals surface area (Å²) < 4.78 is 0. The van der Waals surface area contributed by atoms with Gasteiger partial charge in [0.2, 0.25) is 5.91 Å². The van der Waals surface area contributed by atoms with E-state index in [2.05, 4.69) is 11.9 Å². The average molecular weight is 300 g/mol. The van der Waals surface area contributed by atoms with Crippen molar-refractivity contribution in [2.24, 2.45) is 28.3 Å². The van der Waals surface area contributed by atoms with Crippen LogP contribution in [0.1, 0.15) is 35.3 Å². The number of ketones is 1. The van der Waals surface area contributed by atoms with Gasteiger partial charge in [0, 0.05) is 36.9 Å². The first-order chi connectivity index (χ1) is 10.5. The molecule has 22 heavy (non-hydrogen) atoms. The smallest absolute Gasteiger partial charge is 0.248 e. The molecule has 1 amide bonds. The molecule has 6 heteroatoms. The molecule has 2 aliphatic rings. The molecular formula is C16H20N4O2. The summed E-state index contributed by atoms with van der Waals surface area (Å²) in [7, 11) is 0. The van der Waals surface area contributed by atoms with Gasteiger partial charge in [-0.05, 0) is 17.7 Å². The molecule has 0 aromatic heterocycles. The van der Waals surface area contributed by atoms with Gasteiger partial charge in [-0.15, -0.1) is 0 Å². The molecule has 1 fully saturated rings. The SMILES string of the molecule is CC1CN(C[C@@H]2CC2=O)C(N)=NC1c1cccc(C(N)=O)c1. The van der Waals surface area contributed by atoms with E-state index in [1.807, 2.05) is 17.0 Å². The highest BCUT2D eigenvalue weighted by Gasteiger charge is 2.38. The van der Waals surface area contributed by atoms with E-state index < -0.39 is 5.91 Å². The van der Waals surface area contributed by atoms with Crippen LogP contribution in [0.4, 0.5) is 0 Å². The quantitative estimate of drug-likeness (QED) is 0.853. The Balaban J connectivity index is 1.81. The minimum Gasteiger partial charge on any atom is -0.370 e. The maximum absolute atomic E-state index is 11.3. The van der Waals surface area contributed by atoms with Gasteiger partial charge < -0.3 is 16.4 Å². The summed E-state index contributed by atoms with van der Waals surface area (Å²) in [5.41, 5.74) is 12.8. The van der Waals surface area contributed by atoms with Crippen LogP contribution in [0.2, 0.25) is 0 Å². The number of Topliss-reactive ketones (excluding diaryl/α,β-unsaturated/α-hetero) is 1. The van der Waals surface area contributed by atoms with Crippen molar-refractivity contribution in [2.45, 2.75) is 19.4 Å². The van der Waals surface area contributed by atoms with Crippen molar-refractivity contribution in [3.8, 4) is 0 Å². The fourth-order valence-electron chi connectivity index (χ4n) is 2.96. The fourth-order valence-corrected chi connectivity index (χ4v) is 2.96. The van der Waals surface area contributed by atoms with Crippen LogP contribution in [0.15, 0.2) is 29.3 Å². The van der Waals surface area contributed by atoms with E-state index >= 15 is 0 Å². The number of aliphatic imine (C=N–C) groups is 1. The van der Waals surface area contributed by atoms with Crippen molar-refractivity contribution < 1.29 is 9.59 Å². The Hall–Kier alpha value is -2.37. The molecule has 0 saturated heterocycles. The zero-order chi connectivity index (χ0) is 15.9. The number of nitrogens with zero attached hydrogens (tertiary/aromatic N) is 2. The number of primary amides is 1. The summed E-state index contributed by atoms with van der Waals surface area (Å²) in [6.07, 6.45) is 0.655. The predicted octanol–water partition coefficient (Wildman–Crippen LogP) is 0.682. The van der Waals surface area contributed by atoms with Crippen LogP contribution in [0, 0.1) is 11.8 Å². The van der Waals surface area contributed by atoms with E-state index in [1.54, 1.807) is 12.1 Å². The second-order valence-corrected chi connectivity index (χ2v) is 6.17. The second-order valence-electron chi connectivity index (χ2n) is 6.17. The van der Waals surface area contributed by atoms with Gasteiger partial charge in [-0.1, -0.05) is 19.1 Å². The molecule has 1 aromatic carbocycles. The average Bonchev–Trinajstić information content (AvgIpc) is 3.18. The number of nitrogens with two attached hydrogens (primary N) is 2. The molecule has 0 bridgehead atoms. The highest BCUT2D eigenvalue weighted by atomic mass is 16.1. The molecule has 1 saturated carbocycles. The van der Waals surface area contributed by atoms with E-state index in [1.165, 1.54) is 0 Å². The van der Waals surface area contributed by atoms with Crippen LogP contribution in [-0.2, 0) is 4.79 Å². The Morgan fingerprint density at radius 2 is 2.18 bits per heavy atom. The molecule has 4 N–H and O–H groups in total. The number of guanidine groups is 1. The lowest BCUT2D eigenvalue weighted by atomic mass is 9.92. The number of hydrogen-bond acceptors (Lipinski definition) is 5. The standard InChI is InChI=1S/C16H20N4O2/c1-9-7-20(8-12-6-13(12)21)16(18)19-14(9)10-3-2-4-11(5-10)15(17)22/h2-5,9,12,14H,6-8H2,1H3,(H2,17,22)(H2,18,19)/t9?,12-,14?/m0/s1. The molecule has 0 radical (unpaired) electrons. The van der Waals surface area contributed by atoms with E-state index in [0.717, 1.165) is 12.1 Å². The summed E-state index contributed by atoms with van der Waals surface area (Å²) in [5.74, 6) is 0.681. The van der Waals surface area contributed by atoms with Crippen LogP contribution in [0.5, 0.6) is 0 Å². The summed E-state index contributed by atoms with van der Waals surface area (Å²) >= 11 is 0. The molecular weight excluding hydrogens is 280 g/mol. The number of rotatable bonds is 4. The predicted molar refractivity (Wildman–Crippen MR) is 83.2 cm³/mol. The third-order valence-electron chi connectivity index (χ3n) is 4.34. The molecule has 1 heterocycles. The first-order valence-electron chi connectivity index (χ1n) is 7.46. The number of hydrogen-bond donors (Lipinski definition) is 2. The van der Waals surface area contributed by atoms with Crippen molar-refractivity contribution in [3.63, 3.8) is 0 Å². The first-order valence-corrected chi connectivity index (χ1v) is 7.46. The highest BCUT2D eigenvalue weighted by Crippen LogP contribution is 2.32. The van der Waals surface area contributed by atoms with Crippen molar-refractivity contribution in [3.05, 3.63) is 35.4 Å². The lowest BCUT2D eigenvalue weighted by Crippen LogP contribution is -2.46.